The Morgan fingerprint density at radius 3 is 2.68 bits per heavy atom. The smallest absolute Gasteiger partial charge is 0.408 e. The standard InChI is InChI=1S/C20H24N4O4/c1-5-6-17(23-19(25)28-20(2,3)4)18-11-13(9-10-22-18)15-8-7-14(24(26)27)12-16(15)21/h5,7-12,17H,1,6,21H2,2-4H3,(H,23,25). The Morgan fingerprint density at radius 1 is 1.39 bits per heavy atom. The minimum atomic E-state index is -0.620. The predicted molar refractivity (Wildman–Crippen MR) is 108 cm³/mol. The molecule has 148 valence electrons. The largest absolute Gasteiger partial charge is 0.444 e. The first-order valence-corrected chi connectivity index (χ1v) is 8.71. The molecule has 1 unspecified atom stereocenters. The molecule has 0 saturated carbocycles. The van der Waals surface area contributed by atoms with Crippen molar-refractivity contribution in [2.75, 3.05) is 5.73 Å². The molecule has 0 bridgehead atoms. The van der Waals surface area contributed by atoms with Crippen molar-refractivity contribution in [1.29, 1.82) is 0 Å². The van der Waals surface area contributed by atoms with Crippen LogP contribution in [-0.4, -0.2) is 21.6 Å². The molecule has 0 spiro atoms. The number of alkyl carbamates (subject to hydrolysis) is 1. The monoisotopic (exact) mass is 384 g/mol. The number of nitro benzene ring substituents is 1. The number of nitrogens with zero attached hydrogens (tertiary/aromatic N) is 2. The molecule has 0 fully saturated rings. The van der Waals surface area contributed by atoms with Gasteiger partial charge in [0.25, 0.3) is 5.69 Å². The molecule has 0 aliphatic heterocycles. The van der Waals surface area contributed by atoms with E-state index >= 15 is 0 Å². The predicted octanol–water partition coefficient (Wildman–Crippen LogP) is 4.38. The minimum absolute atomic E-state index is 0.0772. The van der Waals surface area contributed by atoms with Gasteiger partial charge < -0.3 is 15.8 Å². The average molecular weight is 384 g/mol. The van der Waals surface area contributed by atoms with Crippen LogP contribution in [0.1, 0.15) is 38.9 Å². The summed E-state index contributed by atoms with van der Waals surface area (Å²) in [6, 6.07) is 7.40. The number of amides is 1. The number of ether oxygens (including phenoxy) is 1. The first-order valence-electron chi connectivity index (χ1n) is 8.71. The summed E-state index contributed by atoms with van der Waals surface area (Å²) in [5.74, 6) is 0. The number of nitrogens with one attached hydrogen (secondary N) is 1. The van der Waals surface area contributed by atoms with Crippen LogP contribution in [0.4, 0.5) is 16.2 Å². The number of non-ortho nitro benzene ring substituents is 1. The Bertz CT molecular complexity index is 890. The number of carbonyl (C=O) groups excluding carboxylic acids is 1. The fourth-order valence-corrected chi connectivity index (χ4v) is 2.60. The summed E-state index contributed by atoms with van der Waals surface area (Å²) in [6.07, 6.45) is 3.17. The van der Waals surface area contributed by atoms with Crippen LogP contribution in [0, 0.1) is 10.1 Å². The number of anilines is 1. The lowest BCUT2D eigenvalue weighted by Gasteiger charge is -2.23. The van der Waals surface area contributed by atoms with Crippen molar-refractivity contribution in [1.82, 2.24) is 10.3 Å². The normalized spacial score (nSPS) is 12.1. The molecule has 2 rings (SSSR count). The molecule has 1 amide bonds. The molecule has 1 heterocycles. The Kier molecular flexibility index (Phi) is 6.35. The fourth-order valence-electron chi connectivity index (χ4n) is 2.60. The third-order valence-electron chi connectivity index (χ3n) is 3.79. The van der Waals surface area contributed by atoms with Gasteiger partial charge in [0, 0.05) is 29.6 Å². The van der Waals surface area contributed by atoms with Crippen LogP contribution in [0.3, 0.4) is 0 Å². The highest BCUT2D eigenvalue weighted by Gasteiger charge is 2.21. The summed E-state index contributed by atoms with van der Waals surface area (Å²) >= 11 is 0. The zero-order valence-corrected chi connectivity index (χ0v) is 16.1. The van der Waals surface area contributed by atoms with Crippen molar-refractivity contribution in [3.8, 4) is 11.1 Å². The maximum Gasteiger partial charge on any atom is 0.408 e. The number of rotatable bonds is 6. The van der Waals surface area contributed by atoms with Crippen molar-refractivity contribution in [3.63, 3.8) is 0 Å². The summed E-state index contributed by atoms with van der Waals surface area (Å²) in [4.78, 5) is 26.9. The second kappa shape index (κ2) is 8.51. The van der Waals surface area contributed by atoms with Gasteiger partial charge in [0.05, 0.1) is 16.7 Å². The van der Waals surface area contributed by atoms with Crippen molar-refractivity contribution >= 4 is 17.5 Å². The van der Waals surface area contributed by atoms with Gasteiger partial charge in [-0.05, 0) is 51.0 Å². The topological polar surface area (TPSA) is 120 Å². The number of hydrogen-bond acceptors (Lipinski definition) is 6. The van der Waals surface area contributed by atoms with E-state index in [4.69, 9.17) is 10.5 Å². The number of benzene rings is 1. The van der Waals surface area contributed by atoms with Crippen molar-refractivity contribution in [3.05, 3.63) is 65.0 Å². The van der Waals surface area contributed by atoms with Crippen LogP contribution in [0.2, 0.25) is 0 Å². The third kappa shape index (κ3) is 5.54. The maximum atomic E-state index is 12.1. The summed E-state index contributed by atoms with van der Waals surface area (Å²) in [5, 5.41) is 13.7. The lowest BCUT2D eigenvalue weighted by Crippen LogP contribution is -2.35. The molecule has 1 aromatic heterocycles. The first kappa shape index (κ1) is 20.9. The van der Waals surface area contributed by atoms with E-state index in [1.807, 2.05) is 0 Å². The van der Waals surface area contributed by atoms with Crippen molar-refractivity contribution in [2.24, 2.45) is 0 Å². The highest BCUT2D eigenvalue weighted by Crippen LogP contribution is 2.30. The second-order valence-electron chi connectivity index (χ2n) is 7.22. The maximum absolute atomic E-state index is 12.1. The number of pyridine rings is 1. The van der Waals surface area contributed by atoms with Gasteiger partial charge in [-0.1, -0.05) is 6.08 Å². The molecular formula is C20H24N4O4. The number of nitro groups is 1. The highest BCUT2D eigenvalue weighted by molar-refractivity contribution is 5.78. The fraction of sp³-hybridized carbons (Fsp3) is 0.300. The van der Waals surface area contributed by atoms with Crippen LogP contribution in [0.15, 0.2) is 49.2 Å². The van der Waals surface area contributed by atoms with Gasteiger partial charge >= 0.3 is 6.09 Å². The molecule has 0 aliphatic rings. The summed E-state index contributed by atoms with van der Waals surface area (Å²) in [6.45, 7) is 9.07. The van der Waals surface area contributed by atoms with Crippen LogP contribution in [0.25, 0.3) is 11.1 Å². The Hall–Kier alpha value is -3.42. The molecule has 8 heteroatoms. The van der Waals surface area contributed by atoms with Gasteiger partial charge in [-0.2, -0.15) is 0 Å². The van der Waals surface area contributed by atoms with E-state index in [0.717, 1.165) is 5.56 Å². The zero-order valence-electron chi connectivity index (χ0n) is 16.1. The summed E-state index contributed by atoms with van der Waals surface area (Å²) in [7, 11) is 0. The molecule has 8 nitrogen and oxygen atoms in total. The number of nitrogen functional groups attached to an aromatic ring is 1. The van der Waals surface area contributed by atoms with E-state index in [1.165, 1.54) is 12.1 Å². The van der Waals surface area contributed by atoms with Gasteiger partial charge in [-0.15, -0.1) is 6.58 Å². The van der Waals surface area contributed by atoms with Crippen LogP contribution in [0.5, 0.6) is 0 Å². The number of nitrogens with two attached hydrogens (primary N) is 1. The van der Waals surface area contributed by atoms with E-state index in [-0.39, 0.29) is 11.4 Å². The van der Waals surface area contributed by atoms with E-state index in [1.54, 1.807) is 51.2 Å². The van der Waals surface area contributed by atoms with Crippen LogP contribution in [-0.2, 0) is 4.74 Å². The quantitative estimate of drug-likeness (QED) is 0.330. The molecular weight excluding hydrogens is 360 g/mol. The van der Waals surface area contributed by atoms with E-state index in [2.05, 4.69) is 16.9 Å². The third-order valence-corrected chi connectivity index (χ3v) is 3.79. The summed E-state index contributed by atoms with van der Waals surface area (Å²) < 4.78 is 5.31. The number of aromatic nitrogens is 1. The molecule has 0 aliphatic carbocycles. The lowest BCUT2D eigenvalue weighted by molar-refractivity contribution is -0.384. The van der Waals surface area contributed by atoms with Gasteiger partial charge in [-0.3, -0.25) is 15.1 Å². The Balaban J connectivity index is 2.32. The number of carbonyl (C=O) groups is 1. The van der Waals surface area contributed by atoms with E-state index < -0.39 is 22.7 Å². The molecule has 0 saturated heterocycles. The number of hydrogen-bond donors (Lipinski definition) is 2. The summed E-state index contributed by atoms with van der Waals surface area (Å²) in [5.41, 5.74) is 7.56. The second-order valence-corrected chi connectivity index (χ2v) is 7.22. The minimum Gasteiger partial charge on any atom is -0.444 e. The van der Waals surface area contributed by atoms with Crippen molar-refractivity contribution < 1.29 is 14.5 Å². The Labute approximate surface area is 163 Å². The molecule has 3 N–H and O–H groups in total. The zero-order chi connectivity index (χ0) is 20.9. The van der Waals surface area contributed by atoms with E-state index in [9.17, 15) is 14.9 Å². The first-order chi connectivity index (χ1) is 13.1. The van der Waals surface area contributed by atoms with Crippen LogP contribution < -0.4 is 11.1 Å². The SMILES string of the molecule is C=CCC(NC(=O)OC(C)(C)C)c1cc(-c2ccc([N+](=O)[O-])cc2N)ccn1. The molecule has 1 aromatic carbocycles. The molecule has 1 atom stereocenters. The average Bonchev–Trinajstić information content (AvgIpc) is 2.59. The van der Waals surface area contributed by atoms with Gasteiger partial charge in [0.1, 0.15) is 5.60 Å². The molecule has 2 aromatic rings. The Morgan fingerprint density at radius 2 is 2.11 bits per heavy atom. The van der Waals surface area contributed by atoms with Crippen molar-refractivity contribution in [2.45, 2.75) is 38.8 Å². The highest BCUT2D eigenvalue weighted by atomic mass is 16.6. The lowest BCUT2D eigenvalue weighted by atomic mass is 10.0. The van der Waals surface area contributed by atoms with Crippen LogP contribution >= 0.6 is 0 Å². The molecule has 28 heavy (non-hydrogen) atoms. The van der Waals surface area contributed by atoms with Gasteiger partial charge in [0.2, 0.25) is 0 Å². The van der Waals surface area contributed by atoms with Gasteiger partial charge in [0.15, 0.2) is 0 Å². The van der Waals surface area contributed by atoms with Gasteiger partial charge in [-0.25, -0.2) is 4.79 Å². The van der Waals surface area contributed by atoms with E-state index in [0.29, 0.717) is 17.7 Å². The molecule has 0 radical (unpaired) electrons.